The maximum Gasteiger partial charge on any atom is 0.255 e. The molecule has 98 valence electrons. The zero-order valence-corrected chi connectivity index (χ0v) is 10.7. The Hall–Kier alpha value is -1.97. The van der Waals surface area contributed by atoms with Gasteiger partial charge in [0.2, 0.25) is 0 Å². The molecule has 2 N–H and O–H groups in total. The van der Waals surface area contributed by atoms with Crippen LogP contribution in [0.2, 0.25) is 0 Å². The molecule has 0 unspecified atom stereocenters. The molecule has 5 rings (SSSR count). The van der Waals surface area contributed by atoms with Crippen LogP contribution in [-0.2, 0) is 0 Å². The van der Waals surface area contributed by atoms with E-state index in [4.69, 9.17) is 4.42 Å². The molecule has 3 aliphatic carbocycles. The van der Waals surface area contributed by atoms with E-state index in [1.54, 1.807) is 25.1 Å². The quantitative estimate of drug-likeness (QED) is 0.869. The second-order valence-corrected chi connectivity index (χ2v) is 5.93. The van der Waals surface area contributed by atoms with Crippen LogP contribution in [-0.4, -0.2) is 16.6 Å². The molecule has 0 saturated heterocycles. The summed E-state index contributed by atoms with van der Waals surface area (Å²) in [6.07, 6.45) is 3.36. The van der Waals surface area contributed by atoms with Gasteiger partial charge in [0.25, 0.3) is 5.91 Å². The zero-order valence-electron chi connectivity index (χ0n) is 10.7. The Morgan fingerprint density at radius 2 is 2.16 bits per heavy atom. The fourth-order valence-corrected chi connectivity index (χ4v) is 3.42. The van der Waals surface area contributed by atoms with Crippen molar-refractivity contribution in [3.63, 3.8) is 0 Å². The lowest BCUT2D eigenvalue weighted by atomic mass is 9.50. The van der Waals surface area contributed by atoms with Crippen molar-refractivity contribution in [2.75, 3.05) is 0 Å². The average Bonchev–Trinajstić information content (AvgIpc) is 2.56. The van der Waals surface area contributed by atoms with Gasteiger partial charge in [0.05, 0.1) is 5.56 Å². The van der Waals surface area contributed by atoms with Gasteiger partial charge in [-0.1, -0.05) is 0 Å². The number of aryl methyl sites for hydroxylation is 1. The number of carbonyl (C=O) groups excluding carboxylic acids is 1. The van der Waals surface area contributed by atoms with Crippen molar-refractivity contribution in [2.24, 2.45) is 5.92 Å². The Morgan fingerprint density at radius 3 is 2.79 bits per heavy atom. The summed E-state index contributed by atoms with van der Waals surface area (Å²) in [4.78, 5) is 12.4. The molecule has 3 aliphatic rings. The average molecular weight is 257 g/mol. The van der Waals surface area contributed by atoms with Crippen molar-refractivity contribution in [1.29, 1.82) is 0 Å². The van der Waals surface area contributed by atoms with E-state index in [1.165, 1.54) is 0 Å². The van der Waals surface area contributed by atoms with Gasteiger partial charge in [0.1, 0.15) is 17.1 Å². The lowest BCUT2D eigenvalue weighted by Crippen LogP contribution is -2.68. The van der Waals surface area contributed by atoms with Crippen molar-refractivity contribution in [1.82, 2.24) is 5.32 Å². The Balaban J connectivity index is 1.73. The number of phenolic OH excluding ortho intramolecular Hbond substituents is 1. The van der Waals surface area contributed by atoms with Gasteiger partial charge in [-0.15, -0.1) is 0 Å². The van der Waals surface area contributed by atoms with Gasteiger partial charge in [-0.25, -0.2) is 0 Å². The molecule has 1 aromatic heterocycles. The molecule has 2 aromatic rings. The van der Waals surface area contributed by atoms with Gasteiger partial charge < -0.3 is 14.8 Å². The van der Waals surface area contributed by atoms with E-state index in [-0.39, 0.29) is 17.2 Å². The van der Waals surface area contributed by atoms with E-state index in [0.717, 1.165) is 30.6 Å². The summed E-state index contributed by atoms with van der Waals surface area (Å²) >= 11 is 0. The molecule has 1 heterocycles. The van der Waals surface area contributed by atoms with Gasteiger partial charge >= 0.3 is 0 Å². The molecular weight excluding hydrogens is 242 g/mol. The Kier molecular flexibility index (Phi) is 1.91. The highest BCUT2D eigenvalue weighted by atomic mass is 16.3. The number of nitrogens with one attached hydrogen (secondary N) is 1. The Morgan fingerprint density at radius 1 is 1.42 bits per heavy atom. The molecule has 1 aromatic carbocycles. The molecule has 4 nitrogen and oxygen atoms in total. The van der Waals surface area contributed by atoms with Crippen LogP contribution in [0.5, 0.6) is 5.75 Å². The minimum atomic E-state index is -0.0555. The van der Waals surface area contributed by atoms with Crippen LogP contribution in [0.4, 0.5) is 0 Å². The zero-order chi connectivity index (χ0) is 13.2. The summed E-state index contributed by atoms with van der Waals surface area (Å²) < 4.78 is 5.56. The fraction of sp³-hybridized carbons (Fsp3) is 0.400. The summed E-state index contributed by atoms with van der Waals surface area (Å²) in [5.41, 5.74) is 1.22. The minimum Gasteiger partial charge on any atom is -0.508 e. The summed E-state index contributed by atoms with van der Waals surface area (Å²) in [6.45, 7) is 1.79. The monoisotopic (exact) mass is 257 g/mol. The number of carbonyl (C=O) groups is 1. The molecular formula is C15H15NO3. The van der Waals surface area contributed by atoms with Crippen LogP contribution >= 0.6 is 0 Å². The number of amides is 1. The third-order valence-electron chi connectivity index (χ3n) is 4.49. The number of hydrogen-bond acceptors (Lipinski definition) is 3. The van der Waals surface area contributed by atoms with E-state index < -0.39 is 0 Å². The van der Waals surface area contributed by atoms with Gasteiger partial charge in [-0.05, 0) is 44.2 Å². The molecule has 4 heteroatoms. The van der Waals surface area contributed by atoms with Crippen molar-refractivity contribution in [3.05, 3.63) is 29.5 Å². The van der Waals surface area contributed by atoms with Crippen LogP contribution < -0.4 is 5.32 Å². The number of benzene rings is 1. The molecule has 3 fully saturated rings. The van der Waals surface area contributed by atoms with E-state index in [2.05, 4.69) is 5.32 Å². The van der Waals surface area contributed by atoms with E-state index >= 15 is 0 Å². The molecule has 2 bridgehead atoms. The predicted octanol–water partition coefficient (Wildman–Crippen LogP) is 2.73. The summed E-state index contributed by atoms with van der Waals surface area (Å²) in [6, 6.07) is 4.85. The van der Waals surface area contributed by atoms with Crippen molar-refractivity contribution in [3.8, 4) is 5.75 Å². The number of aromatic hydroxyl groups is 1. The topological polar surface area (TPSA) is 62.5 Å². The van der Waals surface area contributed by atoms with Crippen LogP contribution in [0.25, 0.3) is 11.0 Å². The van der Waals surface area contributed by atoms with Crippen LogP contribution in [0.1, 0.15) is 35.4 Å². The highest BCUT2D eigenvalue weighted by Gasteiger charge is 2.57. The van der Waals surface area contributed by atoms with E-state index in [1.807, 2.05) is 0 Å². The first-order chi connectivity index (χ1) is 9.06. The third-order valence-corrected chi connectivity index (χ3v) is 4.49. The lowest BCUT2D eigenvalue weighted by molar-refractivity contribution is -0.0438. The number of furan rings is 1. The number of phenols is 1. The maximum absolute atomic E-state index is 12.4. The van der Waals surface area contributed by atoms with Gasteiger partial charge in [0, 0.05) is 17.0 Å². The molecule has 3 saturated carbocycles. The molecule has 0 aliphatic heterocycles. The maximum atomic E-state index is 12.4. The number of fused-ring (bicyclic) bond motifs is 1. The first-order valence-electron chi connectivity index (χ1n) is 6.61. The standard InChI is InChI=1S/C15H15NO3/c1-8-13(11-3-2-10(17)4-12(11)19-8)14(18)16-15-5-9(6-15)7-15/h2-4,9,17H,5-7H2,1H3,(H,16,18). The number of rotatable bonds is 2. The van der Waals surface area contributed by atoms with Gasteiger partial charge in [0.15, 0.2) is 0 Å². The van der Waals surface area contributed by atoms with Crippen LogP contribution in [0.3, 0.4) is 0 Å². The molecule has 0 spiro atoms. The normalized spacial score (nSPS) is 27.7. The third kappa shape index (κ3) is 1.43. The first-order valence-corrected chi connectivity index (χ1v) is 6.61. The Labute approximate surface area is 110 Å². The van der Waals surface area contributed by atoms with E-state index in [9.17, 15) is 9.90 Å². The van der Waals surface area contributed by atoms with Crippen molar-refractivity contribution in [2.45, 2.75) is 31.7 Å². The van der Waals surface area contributed by atoms with Crippen LogP contribution in [0.15, 0.2) is 22.6 Å². The summed E-state index contributed by atoms with van der Waals surface area (Å²) in [5, 5.41) is 13.4. The first kappa shape index (κ1) is 10.9. The summed E-state index contributed by atoms with van der Waals surface area (Å²) in [7, 11) is 0. The predicted molar refractivity (Wildman–Crippen MR) is 70.2 cm³/mol. The SMILES string of the molecule is Cc1oc2cc(O)ccc2c1C(=O)NC12CC(C1)C2. The lowest BCUT2D eigenvalue weighted by Gasteiger charge is -2.61. The molecule has 1 amide bonds. The van der Waals surface area contributed by atoms with Crippen molar-refractivity contribution >= 4 is 16.9 Å². The second kappa shape index (κ2) is 3.32. The van der Waals surface area contributed by atoms with Crippen LogP contribution in [0, 0.1) is 12.8 Å². The second-order valence-electron chi connectivity index (χ2n) is 5.93. The summed E-state index contributed by atoms with van der Waals surface area (Å²) in [5.74, 6) is 1.52. The van der Waals surface area contributed by atoms with Gasteiger partial charge in [-0.2, -0.15) is 0 Å². The fourth-order valence-electron chi connectivity index (χ4n) is 3.42. The molecule has 0 radical (unpaired) electrons. The highest BCUT2D eigenvalue weighted by Crippen LogP contribution is 2.57. The van der Waals surface area contributed by atoms with Crippen molar-refractivity contribution < 1.29 is 14.3 Å². The minimum absolute atomic E-state index is 0.0555. The smallest absolute Gasteiger partial charge is 0.255 e. The highest BCUT2D eigenvalue weighted by molar-refractivity contribution is 6.07. The number of hydrogen-bond donors (Lipinski definition) is 2. The molecule has 0 atom stereocenters. The van der Waals surface area contributed by atoms with E-state index in [0.29, 0.717) is 16.9 Å². The Bertz CT molecular complexity index is 684. The largest absolute Gasteiger partial charge is 0.508 e. The molecule has 19 heavy (non-hydrogen) atoms. The van der Waals surface area contributed by atoms with Gasteiger partial charge in [-0.3, -0.25) is 4.79 Å².